The lowest BCUT2D eigenvalue weighted by Gasteiger charge is -2.30. The number of imidazole rings is 1. The maximum atomic E-state index is 13.0. The smallest absolute Gasteiger partial charge is 0.226 e. The number of aromatic amines is 1. The fourth-order valence-corrected chi connectivity index (χ4v) is 3.88. The van der Waals surface area contributed by atoms with Crippen molar-refractivity contribution >= 4 is 5.91 Å². The van der Waals surface area contributed by atoms with Gasteiger partial charge in [-0.3, -0.25) is 4.79 Å². The fourth-order valence-electron chi connectivity index (χ4n) is 3.88. The van der Waals surface area contributed by atoms with Crippen molar-refractivity contribution in [3.63, 3.8) is 0 Å². The van der Waals surface area contributed by atoms with Gasteiger partial charge in [0.25, 0.3) is 0 Å². The number of likely N-dealkylation sites (tertiary alicyclic amines) is 1. The van der Waals surface area contributed by atoms with Gasteiger partial charge in [-0.25, -0.2) is 15.0 Å². The Morgan fingerprint density at radius 3 is 2.77 bits per heavy atom. The molecular weight excluding hydrogens is 330 g/mol. The number of ether oxygens (including phenoxy) is 1. The molecule has 2 aromatic rings. The Balaban J connectivity index is 1.61. The normalized spacial score (nSPS) is 21.3. The molecule has 2 aliphatic heterocycles. The second-order valence-electron chi connectivity index (χ2n) is 7.24. The highest BCUT2D eigenvalue weighted by molar-refractivity contribution is 5.79. The van der Waals surface area contributed by atoms with E-state index >= 15 is 0 Å². The minimum Gasteiger partial charge on any atom is -0.381 e. The van der Waals surface area contributed by atoms with Crippen molar-refractivity contribution < 1.29 is 9.53 Å². The van der Waals surface area contributed by atoms with Crippen molar-refractivity contribution in [1.82, 2.24) is 24.8 Å². The summed E-state index contributed by atoms with van der Waals surface area (Å²) in [6.07, 6.45) is 5.32. The SMILES string of the molecule is Cc1cc(-c2ncc(C)[nH]2)nc(C2CCCN2C(=O)C2CCOCC2)n1. The van der Waals surface area contributed by atoms with Crippen LogP contribution in [-0.2, 0) is 9.53 Å². The second kappa shape index (κ2) is 7.15. The van der Waals surface area contributed by atoms with Gasteiger partial charge in [0.05, 0.1) is 6.04 Å². The summed E-state index contributed by atoms with van der Waals surface area (Å²) >= 11 is 0. The summed E-state index contributed by atoms with van der Waals surface area (Å²) in [5, 5.41) is 0. The van der Waals surface area contributed by atoms with Crippen LogP contribution in [-0.4, -0.2) is 50.5 Å². The van der Waals surface area contributed by atoms with Crippen LogP contribution in [0.4, 0.5) is 0 Å². The number of amides is 1. The summed E-state index contributed by atoms with van der Waals surface area (Å²) in [5.74, 6) is 1.78. The van der Waals surface area contributed by atoms with Gasteiger partial charge in [-0.15, -0.1) is 0 Å². The largest absolute Gasteiger partial charge is 0.381 e. The number of hydrogen-bond donors (Lipinski definition) is 1. The molecule has 0 radical (unpaired) electrons. The van der Waals surface area contributed by atoms with Crippen LogP contribution < -0.4 is 0 Å². The Morgan fingerprint density at radius 1 is 1.23 bits per heavy atom. The summed E-state index contributed by atoms with van der Waals surface area (Å²) in [7, 11) is 0. The zero-order valence-electron chi connectivity index (χ0n) is 15.4. The Labute approximate surface area is 153 Å². The third kappa shape index (κ3) is 3.35. The Bertz CT molecular complexity index is 797. The molecule has 138 valence electrons. The lowest BCUT2D eigenvalue weighted by molar-refractivity contribution is -0.139. The lowest BCUT2D eigenvalue weighted by atomic mass is 9.98. The van der Waals surface area contributed by atoms with Crippen LogP contribution in [0.1, 0.15) is 48.9 Å². The molecule has 1 atom stereocenters. The molecule has 0 saturated carbocycles. The standard InChI is InChI=1S/C19H25N5O2/c1-12-10-15(17-20-11-13(2)22-17)23-18(21-12)16-4-3-7-24(16)19(25)14-5-8-26-9-6-14/h10-11,14,16H,3-9H2,1-2H3,(H,20,22). The predicted octanol–water partition coefficient (Wildman–Crippen LogP) is 2.57. The van der Waals surface area contributed by atoms with Gasteiger partial charge in [0.2, 0.25) is 5.91 Å². The zero-order chi connectivity index (χ0) is 18.1. The Hall–Kier alpha value is -2.28. The Morgan fingerprint density at radius 2 is 2.04 bits per heavy atom. The van der Waals surface area contributed by atoms with Gasteiger partial charge in [0.1, 0.15) is 5.69 Å². The molecule has 1 amide bonds. The first-order valence-electron chi connectivity index (χ1n) is 9.37. The van der Waals surface area contributed by atoms with Gasteiger partial charge in [0.15, 0.2) is 11.6 Å². The first-order valence-corrected chi connectivity index (χ1v) is 9.37. The molecule has 4 heterocycles. The van der Waals surface area contributed by atoms with Crippen LogP contribution >= 0.6 is 0 Å². The van der Waals surface area contributed by atoms with Crippen LogP contribution in [0.15, 0.2) is 12.3 Å². The summed E-state index contributed by atoms with van der Waals surface area (Å²) in [6, 6.07) is 1.89. The quantitative estimate of drug-likeness (QED) is 0.915. The Kier molecular flexibility index (Phi) is 4.72. The summed E-state index contributed by atoms with van der Waals surface area (Å²) < 4.78 is 5.40. The van der Waals surface area contributed by atoms with Crippen molar-refractivity contribution in [2.45, 2.75) is 45.6 Å². The number of aryl methyl sites for hydroxylation is 2. The number of H-pyrrole nitrogens is 1. The highest BCUT2D eigenvalue weighted by atomic mass is 16.5. The molecule has 2 fully saturated rings. The molecule has 2 aliphatic rings. The van der Waals surface area contributed by atoms with Gasteiger partial charge < -0.3 is 14.6 Å². The number of aromatic nitrogens is 4. The van der Waals surface area contributed by atoms with E-state index in [1.165, 1.54) is 0 Å². The van der Waals surface area contributed by atoms with E-state index in [9.17, 15) is 4.79 Å². The molecule has 1 N–H and O–H groups in total. The van der Waals surface area contributed by atoms with Crippen LogP contribution in [0, 0.1) is 19.8 Å². The van der Waals surface area contributed by atoms with Crippen molar-refractivity contribution in [3.05, 3.63) is 29.5 Å². The van der Waals surface area contributed by atoms with Crippen LogP contribution in [0.2, 0.25) is 0 Å². The first kappa shape index (κ1) is 17.1. The minimum absolute atomic E-state index is 0.0416. The minimum atomic E-state index is -0.0416. The molecule has 7 heteroatoms. The van der Waals surface area contributed by atoms with Crippen molar-refractivity contribution in [1.29, 1.82) is 0 Å². The van der Waals surface area contributed by atoms with Crippen molar-refractivity contribution in [2.75, 3.05) is 19.8 Å². The molecule has 0 spiro atoms. The molecule has 1 unspecified atom stereocenters. The van der Waals surface area contributed by atoms with E-state index in [-0.39, 0.29) is 17.9 Å². The molecule has 7 nitrogen and oxygen atoms in total. The topological polar surface area (TPSA) is 84.0 Å². The second-order valence-corrected chi connectivity index (χ2v) is 7.24. The average molecular weight is 355 g/mol. The van der Waals surface area contributed by atoms with E-state index in [1.54, 1.807) is 6.20 Å². The van der Waals surface area contributed by atoms with Crippen molar-refractivity contribution in [3.8, 4) is 11.5 Å². The van der Waals surface area contributed by atoms with Crippen LogP contribution in [0.3, 0.4) is 0 Å². The van der Waals surface area contributed by atoms with Crippen LogP contribution in [0.25, 0.3) is 11.5 Å². The van der Waals surface area contributed by atoms with E-state index in [1.807, 2.05) is 24.8 Å². The van der Waals surface area contributed by atoms with Crippen molar-refractivity contribution in [2.24, 2.45) is 5.92 Å². The summed E-state index contributed by atoms with van der Waals surface area (Å²) in [6.45, 7) is 6.07. The van der Waals surface area contributed by atoms with E-state index in [4.69, 9.17) is 9.72 Å². The maximum Gasteiger partial charge on any atom is 0.226 e. The van der Waals surface area contributed by atoms with Gasteiger partial charge in [0, 0.05) is 43.3 Å². The molecule has 0 aromatic carbocycles. The summed E-state index contributed by atoms with van der Waals surface area (Å²) in [5.41, 5.74) is 2.67. The lowest BCUT2D eigenvalue weighted by Crippen LogP contribution is -2.38. The van der Waals surface area contributed by atoms with E-state index in [0.29, 0.717) is 13.2 Å². The van der Waals surface area contributed by atoms with Gasteiger partial charge in [-0.2, -0.15) is 0 Å². The zero-order valence-corrected chi connectivity index (χ0v) is 15.4. The van der Waals surface area contributed by atoms with Gasteiger partial charge in [-0.1, -0.05) is 0 Å². The first-order chi connectivity index (χ1) is 12.6. The molecule has 26 heavy (non-hydrogen) atoms. The number of hydrogen-bond acceptors (Lipinski definition) is 5. The summed E-state index contributed by atoms with van der Waals surface area (Å²) in [4.78, 5) is 32.0. The van der Waals surface area contributed by atoms with Gasteiger partial charge in [-0.05, 0) is 45.6 Å². The third-order valence-corrected chi connectivity index (χ3v) is 5.22. The monoisotopic (exact) mass is 355 g/mol. The van der Waals surface area contributed by atoms with Gasteiger partial charge >= 0.3 is 0 Å². The number of rotatable bonds is 3. The molecular formula is C19H25N5O2. The number of carbonyl (C=O) groups is 1. The molecule has 2 aromatic heterocycles. The molecule has 0 aliphatic carbocycles. The number of nitrogens with one attached hydrogen (secondary N) is 1. The molecule has 0 bridgehead atoms. The highest BCUT2D eigenvalue weighted by Crippen LogP contribution is 2.33. The van der Waals surface area contributed by atoms with Crippen LogP contribution in [0.5, 0.6) is 0 Å². The maximum absolute atomic E-state index is 13.0. The number of carbonyl (C=O) groups excluding carboxylic acids is 1. The predicted molar refractivity (Wildman–Crippen MR) is 96.3 cm³/mol. The van der Waals surface area contributed by atoms with E-state index < -0.39 is 0 Å². The van der Waals surface area contributed by atoms with E-state index in [2.05, 4.69) is 15.0 Å². The third-order valence-electron chi connectivity index (χ3n) is 5.22. The fraction of sp³-hybridized carbons (Fsp3) is 0.579. The molecule has 2 saturated heterocycles. The average Bonchev–Trinajstić information content (AvgIpc) is 3.30. The highest BCUT2D eigenvalue weighted by Gasteiger charge is 2.36. The molecule has 4 rings (SSSR count). The number of nitrogens with zero attached hydrogens (tertiary/aromatic N) is 4. The van der Waals surface area contributed by atoms with E-state index in [0.717, 1.165) is 61.0 Å².